The van der Waals surface area contributed by atoms with E-state index in [1.54, 1.807) is 36.2 Å². The lowest BCUT2D eigenvalue weighted by atomic mass is 10.1. The highest BCUT2D eigenvalue weighted by Crippen LogP contribution is 2.16. The van der Waals surface area contributed by atoms with E-state index in [9.17, 15) is 9.59 Å². The number of hydrogen-bond donors (Lipinski definition) is 1. The Morgan fingerprint density at radius 3 is 2.29 bits per heavy atom. The minimum atomic E-state index is -0.175. The van der Waals surface area contributed by atoms with Crippen molar-refractivity contribution in [3.05, 3.63) is 101 Å². The zero-order valence-electron chi connectivity index (χ0n) is 16.2. The summed E-state index contributed by atoms with van der Waals surface area (Å²) >= 11 is 0. The fraction of sp³-hybridized carbons (Fsp3) is 0.167. The first-order chi connectivity index (χ1) is 13.6. The smallest absolute Gasteiger partial charge is 0.258 e. The second kappa shape index (κ2) is 9.00. The fourth-order valence-electron chi connectivity index (χ4n) is 3.06. The molecule has 0 aliphatic heterocycles. The number of anilines is 1. The molecule has 0 radical (unpaired) electrons. The molecule has 28 heavy (non-hydrogen) atoms. The molecule has 4 nitrogen and oxygen atoms in total. The summed E-state index contributed by atoms with van der Waals surface area (Å²) in [5.41, 5.74) is 4.21. The number of rotatable bonds is 6. The molecule has 0 fully saturated rings. The van der Waals surface area contributed by atoms with Gasteiger partial charge in [0.2, 0.25) is 0 Å². The Balaban J connectivity index is 1.64. The van der Waals surface area contributed by atoms with E-state index in [2.05, 4.69) is 24.4 Å². The fourth-order valence-corrected chi connectivity index (χ4v) is 3.06. The van der Waals surface area contributed by atoms with Gasteiger partial charge < -0.3 is 10.2 Å². The normalized spacial score (nSPS) is 10.4. The molecule has 0 spiro atoms. The van der Waals surface area contributed by atoms with Crippen molar-refractivity contribution < 1.29 is 9.59 Å². The van der Waals surface area contributed by atoms with Gasteiger partial charge in [-0.25, -0.2) is 0 Å². The lowest BCUT2D eigenvalue weighted by Crippen LogP contribution is -2.28. The van der Waals surface area contributed by atoms with Crippen LogP contribution >= 0.6 is 0 Å². The molecule has 0 atom stereocenters. The van der Waals surface area contributed by atoms with Crippen LogP contribution in [0.1, 0.15) is 31.8 Å². The number of nitrogens with one attached hydrogen (secondary N) is 1. The second-order valence-electron chi connectivity index (χ2n) is 6.71. The monoisotopic (exact) mass is 372 g/mol. The number of benzene rings is 3. The lowest BCUT2D eigenvalue weighted by molar-refractivity contribution is 0.0954. The van der Waals surface area contributed by atoms with Crippen LogP contribution in [0.5, 0.6) is 0 Å². The average Bonchev–Trinajstić information content (AvgIpc) is 2.74. The van der Waals surface area contributed by atoms with Crippen molar-refractivity contribution in [1.29, 1.82) is 0 Å². The van der Waals surface area contributed by atoms with E-state index in [0.717, 1.165) is 12.1 Å². The van der Waals surface area contributed by atoms with Crippen LogP contribution in [-0.4, -0.2) is 25.4 Å². The maximum atomic E-state index is 12.8. The van der Waals surface area contributed by atoms with Crippen molar-refractivity contribution >= 4 is 17.5 Å². The zero-order chi connectivity index (χ0) is 19.9. The number of nitrogens with zero attached hydrogens (tertiary/aromatic N) is 1. The van der Waals surface area contributed by atoms with Crippen molar-refractivity contribution in [2.45, 2.75) is 13.3 Å². The van der Waals surface area contributed by atoms with Crippen LogP contribution in [0.15, 0.2) is 78.9 Å². The second-order valence-corrected chi connectivity index (χ2v) is 6.71. The van der Waals surface area contributed by atoms with E-state index in [1.807, 2.05) is 42.5 Å². The van der Waals surface area contributed by atoms with Gasteiger partial charge in [-0.15, -0.1) is 0 Å². The van der Waals surface area contributed by atoms with Gasteiger partial charge in [-0.3, -0.25) is 9.59 Å². The van der Waals surface area contributed by atoms with Crippen LogP contribution < -0.4 is 10.2 Å². The molecular weight excluding hydrogens is 348 g/mol. The van der Waals surface area contributed by atoms with Crippen molar-refractivity contribution in [2.75, 3.05) is 18.5 Å². The Bertz CT molecular complexity index is 967. The minimum absolute atomic E-state index is 0.152. The minimum Gasteiger partial charge on any atom is -0.352 e. The van der Waals surface area contributed by atoms with Crippen LogP contribution in [0.2, 0.25) is 0 Å². The molecule has 3 rings (SSSR count). The molecule has 0 bridgehead atoms. The van der Waals surface area contributed by atoms with Crippen LogP contribution in [-0.2, 0) is 6.42 Å². The van der Waals surface area contributed by atoms with Crippen LogP contribution in [0.25, 0.3) is 0 Å². The number of hydrogen-bond acceptors (Lipinski definition) is 2. The number of para-hydroxylation sites is 1. The molecule has 0 aliphatic rings. The summed E-state index contributed by atoms with van der Waals surface area (Å²) in [6.07, 6.45) is 0.772. The lowest BCUT2D eigenvalue weighted by Gasteiger charge is -2.17. The van der Waals surface area contributed by atoms with E-state index in [4.69, 9.17) is 0 Å². The molecule has 3 aromatic carbocycles. The maximum Gasteiger partial charge on any atom is 0.258 e. The average molecular weight is 372 g/mol. The molecule has 4 heteroatoms. The van der Waals surface area contributed by atoms with Crippen molar-refractivity contribution in [1.82, 2.24) is 5.32 Å². The number of aryl methyl sites for hydroxylation is 1. The van der Waals surface area contributed by atoms with Gasteiger partial charge in [-0.1, -0.05) is 48.5 Å². The summed E-state index contributed by atoms with van der Waals surface area (Å²) in [5, 5.41) is 2.94. The summed E-state index contributed by atoms with van der Waals surface area (Å²) in [6.45, 7) is 2.61. The highest BCUT2D eigenvalue weighted by Gasteiger charge is 2.15. The first-order valence-corrected chi connectivity index (χ1v) is 9.32. The van der Waals surface area contributed by atoms with Crippen molar-refractivity contribution in [3.8, 4) is 0 Å². The molecule has 0 heterocycles. The molecule has 2 amide bonds. The first-order valence-electron chi connectivity index (χ1n) is 9.32. The highest BCUT2D eigenvalue weighted by molar-refractivity contribution is 6.07. The molecule has 0 saturated heterocycles. The molecule has 0 unspecified atom stereocenters. The van der Waals surface area contributed by atoms with Gasteiger partial charge >= 0.3 is 0 Å². The van der Waals surface area contributed by atoms with Crippen LogP contribution in [0.4, 0.5) is 5.69 Å². The Morgan fingerprint density at radius 1 is 0.857 bits per heavy atom. The van der Waals surface area contributed by atoms with Crippen LogP contribution in [0.3, 0.4) is 0 Å². The molecule has 0 aliphatic carbocycles. The molecule has 142 valence electrons. The van der Waals surface area contributed by atoms with Gasteiger partial charge in [0, 0.05) is 30.4 Å². The molecular formula is C24H24N2O2. The Hall–Kier alpha value is -3.40. The maximum absolute atomic E-state index is 12.8. The summed E-state index contributed by atoms with van der Waals surface area (Å²) in [4.78, 5) is 26.8. The summed E-state index contributed by atoms with van der Waals surface area (Å²) in [6, 6.07) is 24.4. The van der Waals surface area contributed by atoms with Gasteiger partial charge in [-0.2, -0.15) is 0 Å². The highest BCUT2D eigenvalue weighted by atomic mass is 16.2. The third-order valence-corrected chi connectivity index (χ3v) is 4.76. The topological polar surface area (TPSA) is 49.4 Å². The quantitative estimate of drug-likeness (QED) is 0.703. The van der Waals surface area contributed by atoms with Crippen molar-refractivity contribution in [2.24, 2.45) is 0 Å². The number of carbonyl (C=O) groups is 2. The Morgan fingerprint density at radius 2 is 1.54 bits per heavy atom. The van der Waals surface area contributed by atoms with E-state index in [-0.39, 0.29) is 11.8 Å². The summed E-state index contributed by atoms with van der Waals surface area (Å²) < 4.78 is 0. The standard InChI is InChI=1S/C24H24N2O2/c1-18-9-6-7-10-19(18)15-16-25-23(27)20-11-8-12-21(17-20)24(28)26(2)22-13-4-3-5-14-22/h3-14,17H,15-16H2,1-2H3,(H,25,27). The zero-order valence-corrected chi connectivity index (χ0v) is 16.2. The largest absolute Gasteiger partial charge is 0.352 e. The summed E-state index contributed by atoms with van der Waals surface area (Å²) in [5.74, 6) is -0.327. The third-order valence-electron chi connectivity index (χ3n) is 4.76. The third kappa shape index (κ3) is 4.65. The van der Waals surface area contributed by atoms with Gasteiger partial charge in [0.05, 0.1) is 0 Å². The van der Waals surface area contributed by atoms with Crippen molar-refractivity contribution in [3.63, 3.8) is 0 Å². The Kier molecular flexibility index (Phi) is 6.22. The van der Waals surface area contributed by atoms with Gasteiger partial charge in [-0.05, 0) is 54.8 Å². The predicted molar refractivity (Wildman–Crippen MR) is 113 cm³/mol. The van der Waals surface area contributed by atoms with Gasteiger partial charge in [0.1, 0.15) is 0 Å². The van der Waals surface area contributed by atoms with Gasteiger partial charge in [0.25, 0.3) is 11.8 Å². The first kappa shape index (κ1) is 19.4. The predicted octanol–water partition coefficient (Wildman–Crippen LogP) is 4.24. The number of carbonyl (C=O) groups excluding carboxylic acids is 2. The van der Waals surface area contributed by atoms with Gasteiger partial charge in [0.15, 0.2) is 0 Å². The van der Waals surface area contributed by atoms with E-state index in [1.165, 1.54) is 11.1 Å². The van der Waals surface area contributed by atoms with E-state index >= 15 is 0 Å². The summed E-state index contributed by atoms with van der Waals surface area (Å²) in [7, 11) is 1.73. The van der Waals surface area contributed by atoms with E-state index < -0.39 is 0 Å². The van der Waals surface area contributed by atoms with E-state index in [0.29, 0.717) is 17.7 Å². The van der Waals surface area contributed by atoms with Crippen LogP contribution in [0, 0.1) is 6.92 Å². The molecule has 3 aromatic rings. The SMILES string of the molecule is Cc1ccccc1CCNC(=O)c1cccc(C(=O)N(C)c2ccccc2)c1. The number of amides is 2. The molecule has 0 saturated carbocycles. The molecule has 0 aromatic heterocycles. The molecule has 1 N–H and O–H groups in total. The Labute approximate surface area is 165 Å².